The highest BCUT2D eigenvalue weighted by atomic mass is 32.1. The van der Waals surface area contributed by atoms with Crippen molar-refractivity contribution in [1.82, 2.24) is 15.3 Å². The van der Waals surface area contributed by atoms with Crippen LogP contribution in [-0.2, 0) is 6.42 Å². The van der Waals surface area contributed by atoms with Crippen molar-refractivity contribution in [3.63, 3.8) is 0 Å². The van der Waals surface area contributed by atoms with Gasteiger partial charge in [0.05, 0.1) is 17.2 Å². The summed E-state index contributed by atoms with van der Waals surface area (Å²) in [5.74, 6) is 1.69. The summed E-state index contributed by atoms with van der Waals surface area (Å²) in [5, 5.41) is 3.46. The van der Waals surface area contributed by atoms with Gasteiger partial charge in [-0.1, -0.05) is 24.8 Å². The molecule has 0 saturated carbocycles. The molecule has 0 fully saturated rings. The van der Waals surface area contributed by atoms with Gasteiger partial charge in [-0.15, -0.1) is 12.6 Å². The molecule has 0 bridgehead atoms. The number of nitrogens with one attached hydrogen (secondary N) is 1. The third-order valence-corrected chi connectivity index (χ3v) is 5.97. The van der Waals surface area contributed by atoms with Crippen LogP contribution < -0.4 is 15.1 Å². The summed E-state index contributed by atoms with van der Waals surface area (Å²) in [5.41, 5.74) is 3.15. The first-order valence-corrected chi connectivity index (χ1v) is 11.3. The highest BCUT2D eigenvalue weighted by Gasteiger charge is 2.23. The van der Waals surface area contributed by atoms with Gasteiger partial charge in [0, 0.05) is 44.6 Å². The minimum Gasteiger partial charge on any atom is -0.372 e. The third kappa shape index (κ3) is 5.05. The van der Waals surface area contributed by atoms with Crippen LogP contribution in [0.15, 0.2) is 73.3 Å². The Morgan fingerprint density at radius 1 is 1.19 bits per heavy atom. The molecule has 0 spiro atoms. The second-order valence-corrected chi connectivity index (χ2v) is 8.36. The fourth-order valence-electron chi connectivity index (χ4n) is 3.90. The van der Waals surface area contributed by atoms with Crippen molar-refractivity contribution in [3.05, 3.63) is 84.5 Å². The number of halogens is 1. The SMILES string of the molecule is C=C(NCCc1ccncc1)N1CCCN(C)c2ccc(-c3cccc(C(F)S)c3)nc21. The molecule has 1 unspecified atom stereocenters. The number of thiol groups is 1. The van der Waals surface area contributed by atoms with Crippen molar-refractivity contribution in [1.29, 1.82) is 0 Å². The Kier molecular flexibility index (Phi) is 6.95. The summed E-state index contributed by atoms with van der Waals surface area (Å²) in [6, 6.07) is 15.4. The smallest absolute Gasteiger partial charge is 0.168 e. The molecule has 166 valence electrons. The molecule has 1 aromatic carbocycles. The fourth-order valence-corrected chi connectivity index (χ4v) is 4.06. The average molecular weight is 450 g/mol. The summed E-state index contributed by atoms with van der Waals surface area (Å²) in [6.45, 7) is 6.82. The number of pyridine rings is 2. The Morgan fingerprint density at radius 3 is 2.78 bits per heavy atom. The summed E-state index contributed by atoms with van der Waals surface area (Å²) in [6.07, 6.45) is 5.50. The van der Waals surface area contributed by atoms with Crippen LogP contribution >= 0.6 is 12.6 Å². The second kappa shape index (κ2) is 10.0. The lowest BCUT2D eigenvalue weighted by Crippen LogP contribution is -2.33. The molecule has 1 aliphatic rings. The molecule has 2 aromatic heterocycles. The van der Waals surface area contributed by atoms with Gasteiger partial charge < -0.3 is 15.1 Å². The average Bonchev–Trinajstić information content (AvgIpc) is 2.98. The van der Waals surface area contributed by atoms with Crippen molar-refractivity contribution in [2.45, 2.75) is 18.3 Å². The standard InChI is InChI=1S/C25H28FN5S/c1-18(28-14-11-19-9-12-27-13-10-19)31-16-4-15-30(2)23-8-7-22(29-25(23)31)20-5-3-6-21(17-20)24(26)32/h3,5-10,12-13,17,24,28,32H,1,4,11,14-16H2,2H3. The van der Waals surface area contributed by atoms with E-state index in [0.29, 0.717) is 5.56 Å². The Hall–Kier alpha value is -3.06. The molecule has 3 aromatic rings. The van der Waals surface area contributed by atoms with Gasteiger partial charge in [-0.05, 0) is 54.3 Å². The number of nitrogens with zero attached hydrogens (tertiary/aromatic N) is 4. The van der Waals surface area contributed by atoms with Crippen LogP contribution in [0.5, 0.6) is 0 Å². The summed E-state index contributed by atoms with van der Waals surface area (Å²) >= 11 is 3.93. The number of benzene rings is 1. The number of fused-ring (bicyclic) bond motifs is 1. The maximum atomic E-state index is 13.7. The predicted molar refractivity (Wildman–Crippen MR) is 133 cm³/mol. The highest BCUT2D eigenvalue weighted by Crippen LogP contribution is 2.34. The quantitative estimate of drug-likeness (QED) is 0.498. The number of rotatable bonds is 7. The van der Waals surface area contributed by atoms with Crippen LogP contribution in [-0.4, -0.2) is 36.6 Å². The largest absolute Gasteiger partial charge is 0.372 e. The van der Waals surface area contributed by atoms with Crippen LogP contribution in [0.25, 0.3) is 11.3 Å². The summed E-state index contributed by atoms with van der Waals surface area (Å²) < 4.78 is 13.7. The number of anilines is 2. The van der Waals surface area contributed by atoms with Crippen LogP contribution in [0.3, 0.4) is 0 Å². The van der Waals surface area contributed by atoms with Crippen molar-refractivity contribution >= 4 is 24.1 Å². The molecule has 0 saturated heterocycles. The molecule has 32 heavy (non-hydrogen) atoms. The van der Waals surface area contributed by atoms with Crippen LogP contribution in [0.1, 0.15) is 23.1 Å². The van der Waals surface area contributed by atoms with Gasteiger partial charge >= 0.3 is 0 Å². The zero-order valence-corrected chi connectivity index (χ0v) is 19.1. The van der Waals surface area contributed by atoms with Crippen LogP contribution in [0.4, 0.5) is 15.9 Å². The summed E-state index contributed by atoms with van der Waals surface area (Å²) in [7, 11) is 2.08. The van der Waals surface area contributed by atoms with Crippen LogP contribution in [0.2, 0.25) is 0 Å². The van der Waals surface area contributed by atoms with E-state index in [9.17, 15) is 4.39 Å². The zero-order valence-electron chi connectivity index (χ0n) is 18.2. The fraction of sp³-hybridized carbons (Fsp3) is 0.280. The maximum Gasteiger partial charge on any atom is 0.168 e. The predicted octanol–water partition coefficient (Wildman–Crippen LogP) is 4.99. The number of hydrogen-bond acceptors (Lipinski definition) is 6. The van der Waals surface area contributed by atoms with E-state index in [0.717, 1.165) is 61.1 Å². The van der Waals surface area contributed by atoms with Crippen molar-refractivity contribution in [3.8, 4) is 11.3 Å². The second-order valence-electron chi connectivity index (χ2n) is 7.91. The number of aromatic nitrogens is 2. The normalized spacial score (nSPS) is 14.5. The molecular formula is C25H28FN5S. The van der Waals surface area contributed by atoms with Gasteiger partial charge in [-0.25, -0.2) is 9.37 Å². The lowest BCUT2D eigenvalue weighted by atomic mass is 10.1. The Bertz CT molecular complexity index is 1070. The molecule has 7 heteroatoms. The van der Waals surface area contributed by atoms with E-state index in [-0.39, 0.29) is 0 Å². The van der Waals surface area contributed by atoms with E-state index in [1.165, 1.54) is 5.56 Å². The monoisotopic (exact) mass is 449 g/mol. The topological polar surface area (TPSA) is 44.3 Å². The first kappa shape index (κ1) is 22.1. The minimum absolute atomic E-state index is 0.527. The molecule has 0 aliphatic carbocycles. The molecule has 1 atom stereocenters. The van der Waals surface area contributed by atoms with E-state index in [2.05, 4.69) is 52.4 Å². The van der Waals surface area contributed by atoms with E-state index < -0.39 is 5.50 Å². The third-order valence-electron chi connectivity index (χ3n) is 5.67. The lowest BCUT2D eigenvalue weighted by Gasteiger charge is -2.27. The van der Waals surface area contributed by atoms with Crippen LogP contribution in [0, 0.1) is 0 Å². The molecule has 1 N–H and O–H groups in total. The van der Waals surface area contributed by atoms with E-state index in [1.54, 1.807) is 12.1 Å². The van der Waals surface area contributed by atoms with Gasteiger partial charge in [-0.2, -0.15) is 0 Å². The Balaban J connectivity index is 1.58. The van der Waals surface area contributed by atoms with Crippen molar-refractivity contribution in [2.24, 2.45) is 0 Å². The first-order chi connectivity index (χ1) is 15.5. The molecule has 4 rings (SSSR count). The van der Waals surface area contributed by atoms with Crippen molar-refractivity contribution < 1.29 is 4.39 Å². The molecule has 3 heterocycles. The first-order valence-electron chi connectivity index (χ1n) is 10.8. The Morgan fingerprint density at radius 2 is 2.00 bits per heavy atom. The molecular weight excluding hydrogens is 421 g/mol. The van der Waals surface area contributed by atoms with Gasteiger partial charge in [0.1, 0.15) is 0 Å². The summed E-state index contributed by atoms with van der Waals surface area (Å²) in [4.78, 5) is 13.4. The maximum absolute atomic E-state index is 13.7. The van der Waals surface area contributed by atoms with Gasteiger partial charge in [-0.3, -0.25) is 4.98 Å². The molecule has 0 amide bonds. The van der Waals surface area contributed by atoms with E-state index >= 15 is 0 Å². The number of alkyl halides is 1. The van der Waals surface area contributed by atoms with Gasteiger partial charge in [0.15, 0.2) is 11.3 Å². The molecule has 5 nitrogen and oxygen atoms in total. The van der Waals surface area contributed by atoms with Gasteiger partial charge in [0.25, 0.3) is 0 Å². The lowest BCUT2D eigenvalue weighted by molar-refractivity contribution is 0.473. The Labute approximate surface area is 194 Å². The zero-order chi connectivity index (χ0) is 22.5. The van der Waals surface area contributed by atoms with Gasteiger partial charge in [0.2, 0.25) is 0 Å². The highest BCUT2D eigenvalue weighted by molar-refractivity contribution is 7.80. The minimum atomic E-state index is -1.32. The molecule has 1 aliphatic heterocycles. The van der Waals surface area contributed by atoms with E-state index in [1.807, 2.05) is 42.7 Å². The molecule has 0 radical (unpaired) electrons. The number of hydrogen-bond donors (Lipinski definition) is 2. The van der Waals surface area contributed by atoms with Crippen molar-refractivity contribution in [2.75, 3.05) is 36.5 Å². The van der Waals surface area contributed by atoms with E-state index in [4.69, 9.17) is 4.98 Å².